The van der Waals surface area contributed by atoms with Crippen LogP contribution in [-0.4, -0.2) is 50.5 Å². The van der Waals surface area contributed by atoms with Gasteiger partial charge in [0.1, 0.15) is 25.0 Å². The van der Waals surface area contributed by atoms with E-state index in [1.165, 1.54) is 16.2 Å². The van der Waals surface area contributed by atoms with Crippen molar-refractivity contribution in [3.05, 3.63) is 59.1 Å². The third kappa shape index (κ3) is 5.63. The predicted molar refractivity (Wildman–Crippen MR) is 116 cm³/mol. The molecular formula is C23H32ClN2O2+. The maximum absolute atomic E-state index is 10.5. The van der Waals surface area contributed by atoms with Crippen LogP contribution >= 0.6 is 11.6 Å². The maximum Gasteiger partial charge on any atom is 0.137 e. The summed E-state index contributed by atoms with van der Waals surface area (Å²) in [5.74, 6) is 0.870. The summed E-state index contributed by atoms with van der Waals surface area (Å²) in [5.41, 5.74) is 2.36. The molecule has 28 heavy (non-hydrogen) atoms. The number of nitrogens with zero attached hydrogens (tertiary/aromatic N) is 1. The van der Waals surface area contributed by atoms with Gasteiger partial charge in [-0.1, -0.05) is 56.6 Å². The first-order valence-electron chi connectivity index (χ1n) is 10.1. The Labute approximate surface area is 173 Å². The summed E-state index contributed by atoms with van der Waals surface area (Å²) in [6, 6.07) is 16.1. The molecule has 2 aromatic carbocycles. The molecule has 5 heteroatoms. The highest BCUT2D eigenvalue weighted by atomic mass is 35.5. The van der Waals surface area contributed by atoms with Crippen LogP contribution in [-0.2, 0) is 5.41 Å². The van der Waals surface area contributed by atoms with E-state index in [1.54, 1.807) is 0 Å². The number of quaternary nitrogens is 1. The second-order valence-electron chi connectivity index (χ2n) is 8.63. The van der Waals surface area contributed by atoms with E-state index < -0.39 is 6.10 Å². The van der Waals surface area contributed by atoms with Gasteiger partial charge in [0, 0.05) is 10.7 Å². The fraction of sp³-hybridized carbons (Fsp3) is 0.478. The molecule has 0 radical (unpaired) electrons. The highest BCUT2D eigenvalue weighted by Gasteiger charge is 2.24. The average Bonchev–Trinajstić information content (AvgIpc) is 2.66. The van der Waals surface area contributed by atoms with Crippen LogP contribution in [0.1, 0.15) is 26.3 Å². The van der Waals surface area contributed by atoms with Gasteiger partial charge in [0.05, 0.1) is 26.2 Å². The van der Waals surface area contributed by atoms with E-state index in [9.17, 15) is 5.11 Å². The molecule has 2 N–H and O–H groups in total. The summed E-state index contributed by atoms with van der Waals surface area (Å²) in [4.78, 5) is 3.77. The number of piperazine rings is 1. The van der Waals surface area contributed by atoms with Crippen molar-refractivity contribution in [3.8, 4) is 5.75 Å². The molecule has 0 bridgehead atoms. The smallest absolute Gasteiger partial charge is 0.137 e. The molecule has 152 valence electrons. The summed E-state index contributed by atoms with van der Waals surface area (Å²) < 4.78 is 5.98. The molecule has 0 aliphatic carbocycles. The third-order valence-electron chi connectivity index (χ3n) is 5.29. The average molecular weight is 404 g/mol. The Bertz CT molecular complexity index is 767. The fourth-order valence-corrected chi connectivity index (χ4v) is 3.93. The minimum atomic E-state index is -0.472. The molecule has 0 saturated carbocycles. The standard InChI is InChI=1S/C23H31ClN2O2/c1-23(2,3)21-9-4-5-10-22(21)28-17-20(27)16-25-11-13-26(14-12-25)19-8-6-7-18(24)15-19/h4-10,15,20,27H,11-14,16-17H2,1-3H3/p+1/t20-/m0/s1. The van der Waals surface area contributed by atoms with Crippen LogP contribution in [0.25, 0.3) is 0 Å². The first-order valence-corrected chi connectivity index (χ1v) is 10.4. The normalized spacial score (nSPS) is 16.8. The van der Waals surface area contributed by atoms with Gasteiger partial charge in [-0.3, -0.25) is 0 Å². The number of anilines is 1. The lowest BCUT2D eigenvalue weighted by molar-refractivity contribution is -0.903. The molecule has 1 saturated heterocycles. The number of hydrogen-bond acceptors (Lipinski definition) is 3. The second kappa shape index (κ2) is 9.17. The molecule has 1 heterocycles. The minimum Gasteiger partial charge on any atom is -0.490 e. The van der Waals surface area contributed by atoms with Gasteiger partial charge in [-0.25, -0.2) is 0 Å². The van der Waals surface area contributed by atoms with Crippen LogP contribution in [0.5, 0.6) is 5.75 Å². The molecule has 1 aliphatic heterocycles. The van der Waals surface area contributed by atoms with Crippen LogP contribution in [0.2, 0.25) is 5.02 Å². The van der Waals surface area contributed by atoms with Crippen molar-refractivity contribution in [1.29, 1.82) is 0 Å². The van der Waals surface area contributed by atoms with Crippen molar-refractivity contribution in [3.63, 3.8) is 0 Å². The molecule has 0 aromatic heterocycles. The number of hydrogen-bond donors (Lipinski definition) is 2. The van der Waals surface area contributed by atoms with E-state index in [1.807, 2.05) is 36.4 Å². The summed E-state index contributed by atoms with van der Waals surface area (Å²) in [6.45, 7) is 11.5. The Hall–Kier alpha value is -1.75. The van der Waals surface area contributed by atoms with E-state index in [4.69, 9.17) is 16.3 Å². The van der Waals surface area contributed by atoms with Crippen LogP contribution in [0.15, 0.2) is 48.5 Å². The molecule has 1 fully saturated rings. The molecular weight excluding hydrogens is 372 g/mol. The topological polar surface area (TPSA) is 37.1 Å². The molecule has 4 nitrogen and oxygen atoms in total. The molecule has 0 amide bonds. The quantitative estimate of drug-likeness (QED) is 0.778. The van der Waals surface area contributed by atoms with E-state index >= 15 is 0 Å². The van der Waals surface area contributed by atoms with Gasteiger partial charge in [0.2, 0.25) is 0 Å². The van der Waals surface area contributed by atoms with Crippen molar-refractivity contribution in [2.75, 3.05) is 44.2 Å². The Balaban J connectivity index is 1.47. The second-order valence-corrected chi connectivity index (χ2v) is 9.07. The lowest BCUT2D eigenvalue weighted by Gasteiger charge is -2.34. The zero-order valence-electron chi connectivity index (χ0n) is 17.1. The first-order chi connectivity index (χ1) is 13.3. The van der Waals surface area contributed by atoms with Gasteiger partial charge < -0.3 is 19.6 Å². The Morgan fingerprint density at radius 2 is 1.82 bits per heavy atom. The van der Waals surface area contributed by atoms with E-state index in [2.05, 4.69) is 37.8 Å². The Morgan fingerprint density at radius 3 is 2.50 bits per heavy atom. The molecule has 0 unspecified atom stereocenters. The number of ether oxygens (including phenoxy) is 1. The van der Waals surface area contributed by atoms with E-state index in [0.717, 1.165) is 37.0 Å². The monoisotopic (exact) mass is 403 g/mol. The number of para-hydroxylation sites is 1. The van der Waals surface area contributed by atoms with Gasteiger partial charge in [-0.05, 0) is 35.2 Å². The zero-order valence-corrected chi connectivity index (χ0v) is 17.9. The SMILES string of the molecule is CC(C)(C)c1ccccc1OC[C@@H](O)C[NH+]1CCN(c2cccc(Cl)c2)CC1. The molecule has 0 spiro atoms. The van der Waals surface area contributed by atoms with Gasteiger partial charge in [0.15, 0.2) is 0 Å². The number of benzene rings is 2. The summed E-state index contributed by atoms with van der Waals surface area (Å²) in [7, 11) is 0. The largest absolute Gasteiger partial charge is 0.490 e. The number of aliphatic hydroxyl groups is 1. The van der Waals surface area contributed by atoms with Gasteiger partial charge in [-0.2, -0.15) is 0 Å². The number of halogens is 1. The molecule has 2 aromatic rings. The van der Waals surface area contributed by atoms with Crippen LogP contribution in [0, 0.1) is 0 Å². The lowest BCUT2D eigenvalue weighted by Crippen LogP contribution is -3.16. The minimum absolute atomic E-state index is 0.0173. The van der Waals surface area contributed by atoms with Crippen molar-refractivity contribution >= 4 is 17.3 Å². The van der Waals surface area contributed by atoms with Gasteiger partial charge in [-0.15, -0.1) is 0 Å². The van der Waals surface area contributed by atoms with Gasteiger partial charge >= 0.3 is 0 Å². The summed E-state index contributed by atoms with van der Waals surface area (Å²) in [6.07, 6.45) is -0.472. The zero-order chi connectivity index (χ0) is 20.1. The molecule has 1 aliphatic rings. The number of nitrogens with one attached hydrogen (secondary N) is 1. The number of aliphatic hydroxyl groups excluding tert-OH is 1. The number of rotatable bonds is 6. The summed E-state index contributed by atoms with van der Waals surface area (Å²) in [5, 5.41) is 11.3. The van der Waals surface area contributed by atoms with Crippen molar-refractivity contribution in [1.82, 2.24) is 0 Å². The van der Waals surface area contributed by atoms with Gasteiger partial charge in [0.25, 0.3) is 0 Å². The van der Waals surface area contributed by atoms with Crippen molar-refractivity contribution in [2.24, 2.45) is 0 Å². The third-order valence-corrected chi connectivity index (χ3v) is 5.53. The molecule has 1 atom stereocenters. The van der Waals surface area contributed by atoms with E-state index in [-0.39, 0.29) is 5.41 Å². The van der Waals surface area contributed by atoms with Crippen molar-refractivity contribution in [2.45, 2.75) is 32.3 Å². The van der Waals surface area contributed by atoms with Crippen molar-refractivity contribution < 1.29 is 14.7 Å². The van der Waals surface area contributed by atoms with E-state index in [0.29, 0.717) is 13.2 Å². The Morgan fingerprint density at radius 1 is 1.11 bits per heavy atom. The van der Waals surface area contributed by atoms with Crippen LogP contribution < -0.4 is 14.5 Å². The Kier molecular flexibility index (Phi) is 6.86. The van der Waals surface area contributed by atoms with Crippen LogP contribution in [0.4, 0.5) is 5.69 Å². The lowest BCUT2D eigenvalue weighted by atomic mass is 9.86. The predicted octanol–water partition coefficient (Wildman–Crippen LogP) is 2.78. The first kappa shape index (κ1) is 21.0. The highest BCUT2D eigenvalue weighted by molar-refractivity contribution is 6.30. The summed E-state index contributed by atoms with van der Waals surface area (Å²) >= 11 is 6.11. The van der Waals surface area contributed by atoms with Crippen LogP contribution in [0.3, 0.4) is 0 Å². The fourth-order valence-electron chi connectivity index (χ4n) is 3.75. The maximum atomic E-state index is 10.5. The molecule has 3 rings (SSSR count). The highest BCUT2D eigenvalue weighted by Crippen LogP contribution is 2.30.